The van der Waals surface area contributed by atoms with Gasteiger partial charge in [-0.05, 0) is 0 Å². The van der Waals surface area contributed by atoms with E-state index < -0.39 is 22.2 Å². The molecule has 0 bridgehead atoms. The van der Waals surface area contributed by atoms with Crippen molar-refractivity contribution in [2.45, 2.75) is 6.42 Å². The molecule has 1 rings (SSSR count). The predicted octanol–water partition coefficient (Wildman–Crippen LogP) is 2.48. The van der Waals surface area contributed by atoms with Crippen LogP contribution < -0.4 is 0 Å². The van der Waals surface area contributed by atoms with Crippen LogP contribution in [-0.2, 0) is 4.79 Å². The Morgan fingerprint density at radius 3 is 2.56 bits per heavy atom. The molecule has 0 fully saturated rings. The normalized spacial score (nSPS) is 10.6. The van der Waals surface area contributed by atoms with Crippen molar-refractivity contribution in [2.75, 3.05) is 0 Å². The Kier molecular flexibility index (Phi) is 3.82. The highest BCUT2D eigenvalue weighted by Gasteiger charge is 2.16. The van der Waals surface area contributed by atoms with E-state index >= 15 is 0 Å². The Morgan fingerprint density at radius 1 is 1.31 bits per heavy atom. The first-order valence-electron chi connectivity index (χ1n) is 4.30. The largest absolute Gasteiger partial charge is 0.305 e. The van der Waals surface area contributed by atoms with E-state index in [1.54, 1.807) is 0 Å². The van der Waals surface area contributed by atoms with Crippen LogP contribution in [0.2, 0.25) is 0 Å². The summed E-state index contributed by atoms with van der Waals surface area (Å²) in [5, 5.41) is 10.4. The maximum atomic E-state index is 13.1. The Balaban J connectivity index is 3.14. The van der Waals surface area contributed by atoms with Gasteiger partial charge in [-0.1, -0.05) is 12.2 Å². The summed E-state index contributed by atoms with van der Waals surface area (Å²) in [7, 11) is 0. The van der Waals surface area contributed by atoms with E-state index in [-0.39, 0.29) is 12.0 Å². The van der Waals surface area contributed by atoms with E-state index in [0.717, 1.165) is 6.07 Å². The number of aldehydes is 1. The summed E-state index contributed by atoms with van der Waals surface area (Å²) in [6.07, 6.45) is 3.17. The zero-order valence-electron chi connectivity index (χ0n) is 8.02. The Labute approximate surface area is 89.3 Å². The highest BCUT2D eigenvalue weighted by molar-refractivity contribution is 5.59. The van der Waals surface area contributed by atoms with E-state index in [9.17, 15) is 23.7 Å². The lowest BCUT2D eigenvalue weighted by Gasteiger charge is -1.98. The van der Waals surface area contributed by atoms with Crippen LogP contribution in [0, 0.1) is 21.7 Å². The fourth-order valence-electron chi connectivity index (χ4n) is 1.07. The van der Waals surface area contributed by atoms with Gasteiger partial charge in [0, 0.05) is 24.1 Å². The molecule has 0 N–H and O–H groups in total. The molecular formula is C10H7F2NO3. The minimum absolute atomic E-state index is 0.0601. The van der Waals surface area contributed by atoms with Crippen molar-refractivity contribution < 1.29 is 18.5 Å². The van der Waals surface area contributed by atoms with E-state index in [0.29, 0.717) is 12.4 Å². The number of halogens is 2. The lowest BCUT2D eigenvalue weighted by molar-refractivity contribution is -0.387. The standard InChI is InChI=1S/C10H7F2NO3/c11-8-6-9(12)10(13(15)16)5-7(8)3-1-2-4-14/h1,3-6H,2H2. The van der Waals surface area contributed by atoms with Gasteiger partial charge in [-0.2, -0.15) is 4.39 Å². The number of nitro groups is 1. The van der Waals surface area contributed by atoms with Gasteiger partial charge in [-0.3, -0.25) is 10.1 Å². The first kappa shape index (κ1) is 12.0. The highest BCUT2D eigenvalue weighted by Crippen LogP contribution is 2.22. The van der Waals surface area contributed by atoms with Crippen LogP contribution >= 0.6 is 0 Å². The van der Waals surface area contributed by atoms with Crippen molar-refractivity contribution >= 4 is 18.0 Å². The molecule has 0 heterocycles. The number of allylic oxidation sites excluding steroid dienone is 1. The molecule has 0 aliphatic carbocycles. The van der Waals surface area contributed by atoms with Gasteiger partial charge in [0.25, 0.3) is 0 Å². The van der Waals surface area contributed by atoms with E-state index in [2.05, 4.69) is 0 Å². The number of hydrogen-bond donors (Lipinski definition) is 0. The Hall–Kier alpha value is -2.11. The lowest BCUT2D eigenvalue weighted by Crippen LogP contribution is -1.95. The monoisotopic (exact) mass is 227 g/mol. The zero-order valence-corrected chi connectivity index (χ0v) is 8.02. The van der Waals surface area contributed by atoms with E-state index in [1.165, 1.54) is 12.2 Å². The van der Waals surface area contributed by atoms with Gasteiger partial charge in [0.15, 0.2) is 0 Å². The molecule has 0 saturated carbocycles. The quantitative estimate of drug-likeness (QED) is 0.451. The summed E-state index contributed by atoms with van der Waals surface area (Å²) in [6.45, 7) is 0. The van der Waals surface area contributed by atoms with Gasteiger partial charge < -0.3 is 4.79 Å². The number of rotatable bonds is 4. The number of nitro benzene ring substituents is 1. The number of carbonyl (C=O) groups excluding carboxylic acids is 1. The van der Waals surface area contributed by atoms with Crippen LogP contribution in [-0.4, -0.2) is 11.2 Å². The summed E-state index contributed by atoms with van der Waals surface area (Å²) in [6, 6.07) is 1.23. The molecule has 0 aliphatic rings. The minimum Gasteiger partial charge on any atom is -0.303 e. The number of nitrogens with zero attached hydrogens (tertiary/aromatic N) is 1. The summed E-state index contributed by atoms with van der Waals surface area (Å²) < 4.78 is 26.0. The van der Waals surface area contributed by atoms with Gasteiger partial charge in [0.1, 0.15) is 12.1 Å². The molecule has 0 atom stereocenters. The predicted molar refractivity (Wildman–Crippen MR) is 52.7 cm³/mol. The second-order valence-electron chi connectivity index (χ2n) is 2.89. The van der Waals surface area contributed by atoms with Crippen molar-refractivity contribution in [1.82, 2.24) is 0 Å². The molecule has 0 aromatic heterocycles. The topological polar surface area (TPSA) is 60.2 Å². The van der Waals surface area contributed by atoms with Crippen molar-refractivity contribution in [1.29, 1.82) is 0 Å². The third-order valence-corrected chi connectivity index (χ3v) is 1.79. The highest BCUT2D eigenvalue weighted by atomic mass is 19.1. The maximum Gasteiger partial charge on any atom is 0.305 e. The lowest BCUT2D eigenvalue weighted by atomic mass is 10.1. The van der Waals surface area contributed by atoms with Crippen LogP contribution in [0.15, 0.2) is 18.2 Å². The summed E-state index contributed by atoms with van der Waals surface area (Å²) in [5.41, 5.74) is -0.929. The van der Waals surface area contributed by atoms with E-state index in [4.69, 9.17) is 0 Å². The second kappa shape index (κ2) is 5.11. The molecule has 4 nitrogen and oxygen atoms in total. The molecule has 0 saturated heterocycles. The molecule has 84 valence electrons. The maximum absolute atomic E-state index is 13.1. The molecule has 0 unspecified atom stereocenters. The molecule has 6 heteroatoms. The molecular weight excluding hydrogens is 220 g/mol. The fourth-order valence-corrected chi connectivity index (χ4v) is 1.07. The van der Waals surface area contributed by atoms with E-state index in [1.807, 2.05) is 0 Å². The summed E-state index contributed by atoms with van der Waals surface area (Å²) in [4.78, 5) is 19.4. The third kappa shape index (κ3) is 2.69. The van der Waals surface area contributed by atoms with Crippen molar-refractivity contribution in [3.05, 3.63) is 45.5 Å². The average molecular weight is 227 g/mol. The third-order valence-electron chi connectivity index (χ3n) is 1.79. The molecule has 1 aromatic carbocycles. The van der Waals surface area contributed by atoms with Crippen molar-refractivity contribution in [3.8, 4) is 0 Å². The SMILES string of the molecule is O=CCC=Cc1cc([N+](=O)[O-])c(F)cc1F. The van der Waals surface area contributed by atoms with Gasteiger partial charge in [-0.25, -0.2) is 4.39 Å². The molecule has 0 spiro atoms. The minimum atomic E-state index is -1.23. The van der Waals surface area contributed by atoms with Crippen molar-refractivity contribution in [3.63, 3.8) is 0 Å². The molecule has 0 aliphatic heterocycles. The molecule has 16 heavy (non-hydrogen) atoms. The van der Waals surface area contributed by atoms with Crippen LogP contribution in [0.1, 0.15) is 12.0 Å². The van der Waals surface area contributed by atoms with Gasteiger partial charge in [0.05, 0.1) is 4.92 Å². The smallest absolute Gasteiger partial charge is 0.303 e. The first-order valence-corrected chi connectivity index (χ1v) is 4.30. The van der Waals surface area contributed by atoms with Crippen molar-refractivity contribution in [2.24, 2.45) is 0 Å². The fraction of sp³-hybridized carbons (Fsp3) is 0.100. The van der Waals surface area contributed by atoms with Gasteiger partial charge in [0.2, 0.25) is 5.82 Å². The first-order chi connectivity index (χ1) is 7.56. The van der Waals surface area contributed by atoms with Crippen LogP contribution in [0.3, 0.4) is 0 Å². The molecule has 0 amide bonds. The van der Waals surface area contributed by atoms with Crippen LogP contribution in [0.5, 0.6) is 0 Å². The van der Waals surface area contributed by atoms with Gasteiger partial charge >= 0.3 is 5.69 Å². The second-order valence-corrected chi connectivity index (χ2v) is 2.89. The Morgan fingerprint density at radius 2 is 2.00 bits per heavy atom. The summed E-state index contributed by atoms with van der Waals surface area (Å²) >= 11 is 0. The van der Waals surface area contributed by atoms with Crippen LogP contribution in [0.25, 0.3) is 6.08 Å². The molecule has 1 aromatic rings. The average Bonchev–Trinajstić information content (AvgIpc) is 2.21. The van der Waals surface area contributed by atoms with Crippen LogP contribution in [0.4, 0.5) is 14.5 Å². The Bertz CT molecular complexity index is 458. The number of carbonyl (C=O) groups is 1. The number of benzene rings is 1. The number of hydrogen-bond acceptors (Lipinski definition) is 3. The van der Waals surface area contributed by atoms with Gasteiger partial charge in [-0.15, -0.1) is 0 Å². The summed E-state index contributed by atoms with van der Waals surface area (Å²) in [5.74, 6) is -2.14. The zero-order chi connectivity index (χ0) is 12.1. The molecule has 0 radical (unpaired) electrons.